The molecule has 5 rings (SSSR count). The maximum absolute atomic E-state index is 13.1. The molecule has 2 aliphatic carbocycles. The zero-order valence-electron chi connectivity index (χ0n) is 17.8. The summed E-state index contributed by atoms with van der Waals surface area (Å²) in [6.07, 6.45) is 1.20. The van der Waals surface area contributed by atoms with Crippen LogP contribution >= 0.6 is 0 Å². The van der Waals surface area contributed by atoms with E-state index in [9.17, 15) is 13.2 Å². The molecule has 1 saturated heterocycles. The van der Waals surface area contributed by atoms with Crippen LogP contribution in [0.1, 0.15) is 56.5 Å². The van der Waals surface area contributed by atoms with E-state index >= 15 is 0 Å². The second-order valence-corrected chi connectivity index (χ2v) is 9.27. The Kier molecular flexibility index (Phi) is 5.29. The van der Waals surface area contributed by atoms with E-state index in [-0.39, 0.29) is 6.04 Å². The van der Waals surface area contributed by atoms with Crippen molar-refractivity contribution >= 4 is 0 Å². The molecule has 6 nitrogen and oxygen atoms in total. The van der Waals surface area contributed by atoms with Crippen LogP contribution in [0.3, 0.4) is 0 Å². The Bertz CT molecular complexity index is 923. The van der Waals surface area contributed by atoms with Gasteiger partial charge in [0.2, 0.25) is 0 Å². The van der Waals surface area contributed by atoms with Gasteiger partial charge in [0.05, 0.1) is 12.2 Å². The summed E-state index contributed by atoms with van der Waals surface area (Å²) >= 11 is 0. The number of rotatable bonds is 4. The molecule has 4 atom stereocenters. The summed E-state index contributed by atoms with van der Waals surface area (Å²) in [4.78, 5) is 11.1. The molecular formula is C22H28F3N5O. The van der Waals surface area contributed by atoms with Crippen LogP contribution in [0, 0.1) is 11.8 Å². The molecule has 3 heterocycles. The number of halogens is 3. The van der Waals surface area contributed by atoms with Gasteiger partial charge >= 0.3 is 6.18 Å². The molecule has 168 valence electrons. The van der Waals surface area contributed by atoms with Crippen molar-refractivity contribution in [2.75, 3.05) is 26.3 Å². The van der Waals surface area contributed by atoms with Crippen LogP contribution in [0.4, 0.5) is 13.2 Å². The zero-order valence-corrected chi connectivity index (χ0v) is 17.8. The van der Waals surface area contributed by atoms with Crippen molar-refractivity contribution in [3.8, 4) is 11.4 Å². The molecule has 0 aromatic carbocycles. The van der Waals surface area contributed by atoms with Gasteiger partial charge in [-0.15, -0.1) is 0 Å². The molecule has 3 aliphatic rings. The van der Waals surface area contributed by atoms with Gasteiger partial charge in [0.1, 0.15) is 5.82 Å². The SMILES string of the molecule is CC(C)n1nc(-c2cncc(C(F)(F)F)c2)nc1C1[C@H]2CC(N3CCCOCC3)C[C@@H]12. The highest BCUT2D eigenvalue weighted by atomic mass is 19.4. The number of nitrogens with zero attached hydrogens (tertiary/aromatic N) is 5. The van der Waals surface area contributed by atoms with Crippen molar-refractivity contribution in [2.45, 2.75) is 57.3 Å². The van der Waals surface area contributed by atoms with Crippen LogP contribution in [0.5, 0.6) is 0 Å². The Labute approximate surface area is 179 Å². The van der Waals surface area contributed by atoms with Gasteiger partial charge in [0.15, 0.2) is 5.82 Å². The summed E-state index contributed by atoms with van der Waals surface area (Å²) in [5.74, 6) is 2.76. The van der Waals surface area contributed by atoms with E-state index in [2.05, 4.69) is 15.0 Å². The van der Waals surface area contributed by atoms with Crippen LogP contribution in [-0.2, 0) is 10.9 Å². The molecule has 9 heteroatoms. The van der Waals surface area contributed by atoms with E-state index < -0.39 is 11.7 Å². The average Bonchev–Trinajstić information content (AvgIpc) is 3.07. The Balaban J connectivity index is 1.35. The number of fused-ring (bicyclic) bond motifs is 1. The largest absolute Gasteiger partial charge is 0.417 e. The van der Waals surface area contributed by atoms with Gasteiger partial charge in [0, 0.05) is 55.7 Å². The van der Waals surface area contributed by atoms with Gasteiger partial charge in [0.25, 0.3) is 0 Å². The lowest BCUT2D eigenvalue weighted by Crippen LogP contribution is -2.36. The first kappa shape index (κ1) is 20.9. The molecule has 31 heavy (non-hydrogen) atoms. The van der Waals surface area contributed by atoms with E-state index in [1.807, 2.05) is 18.5 Å². The van der Waals surface area contributed by atoms with Crippen molar-refractivity contribution in [1.82, 2.24) is 24.6 Å². The summed E-state index contributed by atoms with van der Waals surface area (Å²) in [5.41, 5.74) is -0.469. The fourth-order valence-electron chi connectivity index (χ4n) is 5.41. The van der Waals surface area contributed by atoms with E-state index in [4.69, 9.17) is 9.72 Å². The molecule has 2 aromatic heterocycles. The molecule has 0 N–H and O–H groups in total. The van der Waals surface area contributed by atoms with Gasteiger partial charge in [-0.25, -0.2) is 9.67 Å². The highest BCUT2D eigenvalue weighted by Gasteiger charge is 2.59. The van der Waals surface area contributed by atoms with Gasteiger partial charge in [-0.05, 0) is 51.0 Å². The highest BCUT2D eigenvalue weighted by molar-refractivity contribution is 5.54. The minimum absolute atomic E-state index is 0.0925. The van der Waals surface area contributed by atoms with Gasteiger partial charge in [-0.3, -0.25) is 9.88 Å². The second-order valence-electron chi connectivity index (χ2n) is 9.27. The van der Waals surface area contributed by atoms with Crippen LogP contribution in [0.15, 0.2) is 18.5 Å². The van der Waals surface area contributed by atoms with E-state index in [1.165, 1.54) is 6.20 Å². The molecule has 0 spiro atoms. The second kappa shape index (κ2) is 7.85. The first-order chi connectivity index (χ1) is 14.8. The normalized spacial score (nSPS) is 29.2. The molecule has 2 aromatic rings. The standard InChI is InChI=1S/C22H28F3N5O/c1-13(2)30-21(27-20(28-30)14-8-15(12-26-11-14)22(23,24)25)19-17-9-16(10-18(17)19)29-4-3-6-31-7-5-29/h8,11-13,16-19H,3-7,9-10H2,1-2H3/t16?,17-,18+,19?. The third kappa shape index (κ3) is 3.98. The van der Waals surface area contributed by atoms with E-state index in [0.29, 0.717) is 35.2 Å². The lowest BCUT2D eigenvalue weighted by molar-refractivity contribution is -0.137. The van der Waals surface area contributed by atoms with Crippen LogP contribution in [0.2, 0.25) is 0 Å². The summed E-state index contributed by atoms with van der Waals surface area (Å²) in [6.45, 7) is 7.83. The van der Waals surface area contributed by atoms with Crippen molar-refractivity contribution in [2.24, 2.45) is 11.8 Å². The predicted molar refractivity (Wildman–Crippen MR) is 108 cm³/mol. The third-order valence-corrected chi connectivity index (χ3v) is 6.96. The summed E-state index contributed by atoms with van der Waals surface area (Å²) in [5, 5.41) is 4.58. The quantitative estimate of drug-likeness (QED) is 0.722. The van der Waals surface area contributed by atoms with Crippen molar-refractivity contribution in [3.05, 3.63) is 29.8 Å². The Morgan fingerprint density at radius 1 is 1.10 bits per heavy atom. The Morgan fingerprint density at radius 2 is 1.87 bits per heavy atom. The first-order valence-electron chi connectivity index (χ1n) is 11.1. The maximum Gasteiger partial charge on any atom is 0.417 e. The Morgan fingerprint density at radius 3 is 2.58 bits per heavy atom. The number of alkyl halides is 3. The fraction of sp³-hybridized carbons (Fsp3) is 0.682. The fourth-order valence-corrected chi connectivity index (χ4v) is 5.41. The smallest absolute Gasteiger partial charge is 0.380 e. The molecular weight excluding hydrogens is 407 g/mol. The van der Waals surface area contributed by atoms with Gasteiger partial charge < -0.3 is 4.74 Å². The minimum atomic E-state index is -4.44. The van der Waals surface area contributed by atoms with Crippen molar-refractivity contribution in [1.29, 1.82) is 0 Å². The number of hydrogen-bond acceptors (Lipinski definition) is 5. The number of pyridine rings is 1. The van der Waals surface area contributed by atoms with Gasteiger partial charge in [-0.2, -0.15) is 18.3 Å². The molecule has 2 unspecified atom stereocenters. The topological polar surface area (TPSA) is 56.1 Å². The molecule has 0 amide bonds. The molecule has 3 fully saturated rings. The summed E-state index contributed by atoms with van der Waals surface area (Å²) in [6, 6.07) is 1.78. The summed E-state index contributed by atoms with van der Waals surface area (Å²) in [7, 11) is 0. The number of aromatic nitrogens is 4. The maximum atomic E-state index is 13.1. The molecule has 0 bridgehead atoms. The van der Waals surface area contributed by atoms with Crippen LogP contribution in [0.25, 0.3) is 11.4 Å². The van der Waals surface area contributed by atoms with Crippen LogP contribution in [-0.4, -0.2) is 57.0 Å². The lowest BCUT2D eigenvalue weighted by atomic mass is 10.0. The average molecular weight is 435 g/mol. The van der Waals surface area contributed by atoms with E-state index in [1.54, 1.807) is 0 Å². The first-order valence-corrected chi connectivity index (χ1v) is 11.1. The number of hydrogen-bond donors (Lipinski definition) is 0. The van der Waals surface area contributed by atoms with Gasteiger partial charge in [-0.1, -0.05) is 0 Å². The number of ether oxygens (including phenoxy) is 1. The van der Waals surface area contributed by atoms with Crippen molar-refractivity contribution in [3.63, 3.8) is 0 Å². The predicted octanol–water partition coefficient (Wildman–Crippen LogP) is 4.15. The molecule has 2 saturated carbocycles. The zero-order chi connectivity index (χ0) is 21.8. The third-order valence-electron chi connectivity index (χ3n) is 6.96. The monoisotopic (exact) mass is 435 g/mol. The molecule has 1 aliphatic heterocycles. The Hall–Kier alpha value is -2.00. The summed E-state index contributed by atoms with van der Waals surface area (Å²) < 4.78 is 46.8. The highest BCUT2D eigenvalue weighted by Crippen LogP contribution is 2.63. The van der Waals surface area contributed by atoms with Crippen LogP contribution < -0.4 is 0 Å². The lowest BCUT2D eigenvalue weighted by Gasteiger charge is -2.28. The molecule has 0 radical (unpaired) electrons. The minimum Gasteiger partial charge on any atom is -0.380 e. The van der Waals surface area contributed by atoms with E-state index in [0.717, 1.165) is 63.7 Å². The van der Waals surface area contributed by atoms with Crippen molar-refractivity contribution < 1.29 is 17.9 Å².